The molecule has 102 valence electrons. The molecule has 3 rings (SSSR count). The van der Waals surface area contributed by atoms with E-state index in [2.05, 4.69) is 15.4 Å². The topological polar surface area (TPSA) is 62.5 Å². The van der Waals surface area contributed by atoms with Gasteiger partial charge in [0.2, 0.25) is 0 Å². The van der Waals surface area contributed by atoms with E-state index in [9.17, 15) is 0 Å². The number of fused-ring (bicyclic) bond motifs is 1. The molecule has 0 fully saturated rings. The summed E-state index contributed by atoms with van der Waals surface area (Å²) in [7, 11) is 0. The maximum atomic E-state index is 9.02. The molecule has 0 spiro atoms. The van der Waals surface area contributed by atoms with E-state index < -0.39 is 0 Å². The Balaban J connectivity index is 1.79. The van der Waals surface area contributed by atoms with Gasteiger partial charge in [0.15, 0.2) is 5.82 Å². The van der Waals surface area contributed by atoms with Crippen LogP contribution in [0.5, 0.6) is 0 Å². The van der Waals surface area contributed by atoms with E-state index in [4.69, 9.17) is 5.11 Å². The van der Waals surface area contributed by atoms with Crippen molar-refractivity contribution in [2.45, 2.75) is 20.1 Å². The van der Waals surface area contributed by atoms with Crippen LogP contribution in [0.25, 0.3) is 5.52 Å². The van der Waals surface area contributed by atoms with Gasteiger partial charge >= 0.3 is 0 Å². The zero-order valence-corrected chi connectivity index (χ0v) is 11.2. The highest BCUT2D eigenvalue weighted by Crippen LogP contribution is 2.15. The van der Waals surface area contributed by atoms with Gasteiger partial charge in [-0.1, -0.05) is 24.3 Å². The number of aromatic nitrogens is 3. The van der Waals surface area contributed by atoms with E-state index in [1.807, 2.05) is 48.0 Å². The highest BCUT2D eigenvalue weighted by molar-refractivity contribution is 5.67. The second-order valence-corrected chi connectivity index (χ2v) is 4.72. The third-order valence-corrected chi connectivity index (χ3v) is 3.18. The summed E-state index contributed by atoms with van der Waals surface area (Å²) in [5, 5.41) is 16.7. The van der Waals surface area contributed by atoms with Gasteiger partial charge in [-0.15, -0.1) is 0 Å². The second kappa shape index (κ2) is 5.30. The summed E-state index contributed by atoms with van der Waals surface area (Å²) >= 11 is 0. The van der Waals surface area contributed by atoms with Gasteiger partial charge in [-0.2, -0.15) is 5.10 Å². The van der Waals surface area contributed by atoms with Crippen molar-refractivity contribution >= 4 is 11.3 Å². The molecule has 5 nitrogen and oxygen atoms in total. The molecule has 2 heterocycles. The molecule has 20 heavy (non-hydrogen) atoms. The van der Waals surface area contributed by atoms with Crippen molar-refractivity contribution in [1.82, 2.24) is 14.6 Å². The Labute approximate surface area is 116 Å². The predicted octanol–water partition coefficient (Wildman–Crippen LogP) is 2.14. The molecule has 1 aromatic carbocycles. The molecule has 0 aliphatic carbocycles. The van der Waals surface area contributed by atoms with Gasteiger partial charge in [0.05, 0.1) is 12.3 Å². The van der Waals surface area contributed by atoms with Crippen LogP contribution < -0.4 is 5.32 Å². The van der Waals surface area contributed by atoms with Crippen molar-refractivity contribution in [2.24, 2.45) is 0 Å². The first kappa shape index (κ1) is 12.6. The van der Waals surface area contributed by atoms with Gasteiger partial charge in [-0.25, -0.2) is 9.50 Å². The van der Waals surface area contributed by atoms with Crippen molar-refractivity contribution in [1.29, 1.82) is 0 Å². The summed E-state index contributed by atoms with van der Waals surface area (Å²) < 4.78 is 1.82. The highest BCUT2D eigenvalue weighted by atomic mass is 16.3. The van der Waals surface area contributed by atoms with Crippen LogP contribution >= 0.6 is 0 Å². The molecule has 0 aliphatic heterocycles. The standard InChI is InChI=1S/C15H16N4O/c1-11-8-14-15(16-6-7-19(14)18-11)17-9-12-2-4-13(10-20)5-3-12/h2-8,20H,9-10H2,1H3,(H,16,17). The SMILES string of the molecule is Cc1cc2c(NCc3ccc(CO)cc3)nccn2n1. The Morgan fingerprint density at radius 1 is 1.20 bits per heavy atom. The van der Waals surface area contributed by atoms with Gasteiger partial charge in [-0.05, 0) is 24.1 Å². The molecule has 0 unspecified atom stereocenters. The maximum absolute atomic E-state index is 9.02. The molecular weight excluding hydrogens is 252 g/mol. The molecule has 5 heteroatoms. The first-order chi connectivity index (χ1) is 9.76. The highest BCUT2D eigenvalue weighted by Gasteiger charge is 2.04. The third kappa shape index (κ3) is 2.48. The molecule has 2 N–H and O–H groups in total. The first-order valence-electron chi connectivity index (χ1n) is 6.50. The number of benzene rings is 1. The zero-order valence-electron chi connectivity index (χ0n) is 11.2. The lowest BCUT2D eigenvalue weighted by Crippen LogP contribution is -2.03. The number of hydrogen-bond donors (Lipinski definition) is 2. The van der Waals surface area contributed by atoms with Gasteiger partial charge < -0.3 is 10.4 Å². The Bertz CT molecular complexity index is 718. The van der Waals surface area contributed by atoms with Gasteiger partial charge in [0, 0.05) is 18.9 Å². The van der Waals surface area contributed by atoms with Crippen LogP contribution in [0, 0.1) is 6.92 Å². The van der Waals surface area contributed by atoms with Crippen molar-refractivity contribution in [3.8, 4) is 0 Å². The van der Waals surface area contributed by atoms with Crippen molar-refractivity contribution in [3.63, 3.8) is 0 Å². The van der Waals surface area contributed by atoms with E-state index in [1.165, 1.54) is 0 Å². The van der Waals surface area contributed by atoms with E-state index in [0.29, 0.717) is 6.54 Å². The van der Waals surface area contributed by atoms with E-state index >= 15 is 0 Å². The van der Waals surface area contributed by atoms with Crippen LogP contribution in [0.1, 0.15) is 16.8 Å². The Morgan fingerprint density at radius 3 is 2.70 bits per heavy atom. The summed E-state index contributed by atoms with van der Waals surface area (Å²) in [6.45, 7) is 2.72. The Hall–Kier alpha value is -2.40. The van der Waals surface area contributed by atoms with Crippen LogP contribution in [-0.2, 0) is 13.2 Å². The fourth-order valence-corrected chi connectivity index (χ4v) is 2.13. The quantitative estimate of drug-likeness (QED) is 0.761. The summed E-state index contributed by atoms with van der Waals surface area (Å²) in [4.78, 5) is 4.36. The minimum Gasteiger partial charge on any atom is -0.392 e. The lowest BCUT2D eigenvalue weighted by atomic mass is 10.1. The summed E-state index contributed by atoms with van der Waals surface area (Å²) in [5.41, 5.74) is 3.99. The number of anilines is 1. The number of nitrogens with one attached hydrogen (secondary N) is 1. The number of aliphatic hydroxyl groups excluding tert-OH is 1. The molecule has 0 atom stereocenters. The minimum atomic E-state index is 0.0731. The minimum absolute atomic E-state index is 0.0731. The monoisotopic (exact) mass is 268 g/mol. The smallest absolute Gasteiger partial charge is 0.152 e. The Kier molecular flexibility index (Phi) is 3.35. The average Bonchev–Trinajstić information content (AvgIpc) is 2.86. The fourth-order valence-electron chi connectivity index (χ4n) is 2.13. The number of rotatable bonds is 4. The summed E-state index contributed by atoms with van der Waals surface area (Å²) in [6, 6.07) is 9.85. The Morgan fingerprint density at radius 2 is 1.95 bits per heavy atom. The van der Waals surface area contributed by atoms with Crippen LogP contribution in [0.15, 0.2) is 42.7 Å². The molecule has 0 saturated heterocycles. The van der Waals surface area contributed by atoms with E-state index in [1.54, 1.807) is 6.20 Å². The largest absolute Gasteiger partial charge is 0.392 e. The number of nitrogens with zero attached hydrogens (tertiary/aromatic N) is 3. The second-order valence-electron chi connectivity index (χ2n) is 4.72. The van der Waals surface area contributed by atoms with Gasteiger partial charge in [-0.3, -0.25) is 0 Å². The van der Waals surface area contributed by atoms with Gasteiger partial charge in [0.25, 0.3) is 0 Å². The van der Waals surface area contributed by atoms with E-state index in [-0.39, 0.29) is 6.61 Å². The number of hydrogen-bond acceptors (Lipinski definition) is 4. The molecule has 0 amide bonds. The molecule has 3 aromatic rings. The van der Waals surface area contributed by atoms with E-state index in [0.717, 1.165) is 28.2 Å². The predicted molar refractivity (Wildman–Crippen MR) is 77.4 cm³/mol. The van der Waals surface area contributed by atoms with Crippen LogP contribution in [0.2, 0.25) is 0 Å². The number of aliphatic hydroxyl groups is 1. The van der Waals surface area contributed by atoms with Crippen LogP contribution in [0.4, 0.5) is 5.82 Å². The van der Waals surface area contributed by atoms with Crippen molar-refractivity contribution in [2.75, 3.05) is 5.32 Å². The zero-order chi connectivity index (χ0) is 13.9. The fraction of sp³-hybridized carbons (Fsp3) is 0.200. The summed E-state index contributed by atoms with van der Waals surface area (Å²) in [5.74, 6) is 0.819. The maximum Gasteiger partial charge on any atom is 0.152 e. The molecular formula is C15H16N4O. The summed E-state index contributed by atoms with van der Waals surface area (Å²) in [6.07, 6.45) is 3.57. The molecule has 0 radical (unpaired) electrons. The molecule has 0 bridgehead atoms. The lowest BCUT2D eigenvalue weighted by Gasteiger charge is -2.07. The van der Waals surface area contributed by atoms with Crippen LogP contribution in [0.3, 0.4) is 0 Å². The third-order valence-electron chi connectivity index (χ3n) is 3.18. The average molecular weight is 268 g/mol. The number of aryl methyl sites for hydroxylation is 1. The normalized spacial score (nSPS) is 10.9. The van der Waals surface area contributed by atoms with Crippen LogP contribution in [-0.4, -0.2) is 19.7 Å². The molecule has 2 aromatic heterocycles. The van der Waals surface area contributed by atoms with Crippen molar-refractivity contribution < 1.29 is 5.11 Å². The lowest BCUT2D eigenvalue weighted by molar-refractivity contribution is 0.282. The van der Waals surface area contributed by atoms with Gasteiger partial charge in [0.1, 0.15) is 5.52 Å². The molecule has 0 saturated carbocycles. The first-order valence-corrected chi connectivity index (χ1v) is 6.50. The molecule has 0 aliphatic rings. The van der Waals surface area contributed by atoms with Crippen molar-refractivity contribution in [3.05, 3.63) is 59.5 Å².